The molecule has 1 rings (SSSR count). The lowest BCUT2D eigenvalue weighted by molar-refractivity contribution is 0.444. The van der Waals surface area contributed by atoms with Crippen LogP contribution in [-0.4, -0.2) is 39.4 Å². The summed E-state index contributed by atoms with van der Waals surface area (Å²) in [4.78, 5) is 0. The molecule has 0 aliphatic heterocycles. The molecule has 0 amide bonds. The van der Waals surface area contributed by atoms with E-state index in [2.05, 4.69) is 17.0 Å². The number of nitrogens with zero attached hydrogens (tertiary/aromatic N) is 1. The number of hydrogen-bond donors (Lipinski definition) is 2. The molecule has 1 aromatic carbocycles. The SMILES string of the molecule is CCCNCCCN(C)S(=O)(=O)NCc1ccc(Cl)cc1. The lowest BCUT2D eigenvalue weighted by Crippen LogP contribution is -2.39. The van der Waals surface area contributed by atoms with E-state index in [1.165, 1.54) is 4.31 Å². The number of halogens is 1. The van der Waals surface area contributed by atoms with Crippen molar-refractivity contribution in [1.82, 2.24) is 14.3 Å². The Morgan fingerprint density at radius 1 is 1.19 bits per heavy atom. The Kier molecular flexibility index (Phi) is 8.21. The van der Waals surface area contributed by atoms with E-state index >= 15 is 0 Å². The van der Waals surface area contributed by atoms with Gasteiger partial charge in [-0.1, -0.05) is 30.7 Å². The summed E-state index contributed by atoms with van der Waals surface area (Å²) in [5, 5.41) is 3.89. The molecule has 1 aromatic rings. The van der Waals surface area contributed by atoms with Crippen LogP contribution in [0.5, 0.6) is 0 Å². The van der Waals surface area contributed by atoms with Crippen molar-refractivity contribution in [1.29, 1.82) is 0 Å². The number of benzene rings is 1. The molecule has 0 fully saturated rings. The van der Waals surface area contributed by atoms with Crippen molar-refractivity contribution < 1.29 is 8.42 Å². The third-order valence-electron chi connectivity index (χ3n) is 3.04. The fourth-order valence-corrected chi connectivity index (χ4v) is 2.80. The summed E-state index contributed by atoms with van der Waals surface area (Å²) >= 11 is 5.79. The van der Waals surface area contributed by atoms with Crippen LogP contribution in [0, 0.1) is 0 Å². The largest absolute Gasteiger partial charge is 0.317 e. The predicted molar refractivity (Wildman–Crippen MR) is 87.6 cm³/mol. The van der Waals surface area contributed by atoms with E-state index in [4.69, 9.17) is 11.6 Å². The molecule has 0 bridgehead atoms. The van der Waals surface area contributed by atoms with E-state index in [1.54, 1.807) is 31.3 Å². The number of rotatable bonds is 10. The molecule has 0 saturated carbocycles. The van der Waals surface area contributed by atoms with Crippen LogP contribution in [0.1, 0.15) is 25.3 Å². The molecule has 0 unspecified atom stereocenters. The molecule has 0 spiro atoms. The van der Waals surface area contributed by atoms with Gasteiger partial charge in [-0.25, -0.2) is 0 Å². The van der Waals surface area contributed by atoms with Crippen LogP contribution >= 0.6 is 11.6 Å². The minimum atomic E-state index is -3.44. The zero-order valence-electron chi connectivity index (χ0n) is 12.6. The van der Waals surface area contributed by atoms with Gasteiger partial charge in [-0.3, -0.25) is 0 Å². The van der Waals surface area contributed by atoms with Crippen molar-refractivity contribution in [3.8, 4) is 0 Å². The second-order valence-corrected chi connectivity index (χ2v) is 7.18. The Bertz CT molecular complexity index is 505. The van der Waals surface area contributed by atoms with Crippen LogP contribution in [0.4, 0.5) is 0 Å². The monoisotopic (exact) mass is 333 g/mol. The van der Waals surface area contributed by atoms with Crippen LogP contribution in [0.2, 0.25) is 5.02 Å². The molecule has 0 radical (unpaired) electrons. The van der Waals surface area contributed by atoms with E-state index in [9.17, 15) is 8.42 Å². The fourth-order valence-electron chi connectivity index (χ4n) is 1.74. The van der Waals surface area contributed by atoms with Gasteiger partial charge < -0.3 is 5.32 Å². The molecule has 2 N–H and O–H groups in total. The average Bonchev–Trinajstić information content (AvgIpc) is 2.46. The Hall–Kier alpha value is -0.660. The standard InChI is InChI=1S/C14H24ClN3O2S/c1-3-9-16-10-4-11-18(2)21(19,20)17-12-13-5-7-14(15)8-6-13/h5-8,16-17H,3-4,9-12H2,1-2H3. The van der Waals surface area contributed by atoms with Gasteiger partial charge in [-0.2, -0.15) is 17.4 Å². The Morgan fingerprint density at radius 2 is 1.86 bits per heavy atom. The fraction of sp³-hybridized carbons (Fsp3) is 0.571. The number of nitrogens with one attached hydrogen (secondary N) is 2. The van der Waals surface area contributed by atoms with E-state index in [0.717, 1.165) is 31.5 Å². The first kappa shape index (κ1) is 18.4. The molecule has 0 heterocycles. The summed E-state index contributed by atoms with van der Waals surface area (Å²) in [6.45, 7) is 4.64. The first-order valence-corrected chi connectivity index (χ1v) is 8.93. The van der Waals surface area contributed by atoms with E-state index in [0.29, 0.717) is 11.6 Å². The summed E-state index contributed by atoms with van der Waals surface area (Å²) in [6, 6.07) is 7.10. The summed E-state index contributed by atoms with van der Waals surface area (Å²) < 4.78 is 28.0. The number of hydrogen-bond acceptors (Lipinski definition) is 3. The van der Waals surface area contributed by atoms with Crippen LogP contribution in [0.25, 0.3) is 0 Å². The normalized spacial score (nSPS) is 12.0. The maximum absolute atomic E-state index is 12.1. The summed E-state index contributed by atoms with van der Waals surface area (Å²) in [5.74, 6) is 0. The van der Waals surface area contributed by atoms with Crippen LogP contribution < -0.4 is 10.0 Å². The predicted octanol–water partition coefficient (Wildman–Crippen LogP) is 2.00. The highest BCUT2D eigenvalue weighted by Crippen LogP contribution is 2.09. The molecule has 5 nitrogen and oxygen atoms in total. The summed E-state index contributed by atoms with van der Waals surface area (Å²) in [7, 11) is -1.85. The Labute approximate surface area is 132 Å². The Morgan fingerprint density at radius 3 is 2.48 bits per heavy atom. The van der Waals surface area contributed by atoms with Crippen LogP contribution in [-0.2, 0) is 16.8 Å². The first-order chi connectivity index (χ1) is 9.95. The third-order valence-corrected chi connectivity index (χ3v) is 4.80. The second-order valence-electron chi connectivity index (χ2n) is 4.88. The van der Waals surface area contributed by atoms with Gasteiger partial charge in [0.1, 0.15) is 0 Å². The zero-order chi connectivity index (χ0) is 15.7. The smallest absolute Gasteiger partial charge is 0.279 e. The molecular weight excluding hydrogens is 310 g/mol. The quantitative estimate of drug-likeness (QED) is 0.644. The molecule has 21 heavy (non-hydrogen) atoms. The van der Waals surface area contributed by atoms with Gasteiger partial charge in [-0.05, 0) is 43.6 Å². The first-order valence-electron chi connectivity index (χ1n) is 7.12. The van der Waals surface area contributed by atoms with Crippen LogP contribution in [0.3, 0.4) is 0 Å². The van der Waals surface area contributed by atoms with Crippen molar-refractivity contribution in [3.05, 3.63) is 34.9 Å². The van der Waals surface area contributed by atoms with Crippen molar-refractivity contribution in [3.63, 3.8) is 0 Å². The molecule has 7 heteroatoms. The van der Waals surface area contributed by atoms with Gasteiger partial charge in [-0.15, -0.1) is 0 Å². The van der Waals surface area contributed by atoms with Gasteiger partial charge in [0.2, 0.25) is 0 Å². The maximum Gasteiger partial charge on any atom is 0.279 e. The van der Waals surface area contributed by atoms with Crippen molar-refractivity contribution >= 4 is 21.8 Å². The molecule has 0 aliphatic rings. The van der Waals surface area contributed by atoms with Crippen molar-refractivity contribution in [2.75, 3.05) is 26.7 Å². The van der Waals surface area contributed by atoms with Crippen molar-refractivity contribution in [2.24, 2.45) is 0 Å². The maximum atomic E-state index is 12.1. The highest BCUT2D eigenvalue weighted by molar-refractivity contribution is 7.87. The second kappa shape index (κ2) is 9.38. The van der Waals surface area contributed by atoms with E-state index in [1.807, 2.05) is 0 Å². The third kappa shape index (κ3) is 7.24. The molecule has 120 valence electrons. The lowest BCUT2D eigenvalue weighted by Gasteiger charge is -2.17. The molecule has 0 aromatic heterocycles. The van der Waals surface area contributed by atoms with Gasteiger partial charge in [0.15, 0.2) is 0 Å². The van der Waals surface area contributed by atoms with Gasteiger partial charge >= 0.3 is 0 Å². The van der Waals surface area contributed by atoms with Crippen molar-refractivity contribution in [2.45, 2.75) is 26.3 Å². The molecular formula is C14H24ClN3O2S. The van der Waals surface area contributed by atoms with Gasteiger partial charge in [0, 0.05) is 25.2 Å². The summed E-state index contributed by atoms with van der Waals surface area (Å²) in [5.41, 5.74) is 0.876. The highest BCUT2D eigenvalue weighted by Gasteiger charge is 2.16. The summed E-state index contributed by atoms with van der Waals surface area (Å²) in [6.07, 6.45) is 1.87. The minimum absolute atomic E-state index is 0.262. The molecule has 0 saturated heterocycles. The lowest BCUT2D eigenvalue weighted by atomic mass is 10.2. The highest BCUT2D eigenvalue weighted by atomic mass is 35.5. The molecule has 0 aliphatic carbocycles. The van der Waals surface area contributed by atoms with E-state index < -0.39 is 10.2 Å². The van der Waals surface area contributed by atoms with Crippen LogP contribution in [0.15, 0.2) is 24.3 Å². The topological polar surface area (TPSA) is 61.4 Å². The molecule has 0 atom stereocenters. The zero-order valence-corrected chi connectivity index (χ0v) is 14.2. The minimum Gasteiger partial charge on any atom is -0.317 e. The van der Waals surface area contributed by atoms with E-state index in [-0.39, 0.29) is 6.54 Å². The Balaban J connectivity index is 2.36. The van der Waals surface area contributed by atoms with Gasteiger partial charge in [0.05, 0.1) is 0 Å². The average molecular weight is 334 g/mol. The van der Waals surface area contributed by atoms with Gasteiger partial charge in [0.25, 0.3) is 10.2 Å².